The zero-order valence-electron chi connectivity index (χ0n) is 24.7. The second kappa shape index (κ2) is 8.56. The number of benzene rings is 8. The highest BCUT2D eigenvalue weighted by Crippen LogP contribution is 2.55. The molecular weight excluding hydrogens is 528 g/mol. The Morgan fingerprint density at radius 2 is 0.568 bits per heavy atom. The maximum Gasteiger partial charge on any atom is -0.0000933 e. The van der Waals surface area contributed by atoms with Gasteiger partial charge in [0.2, 0.25) is 0 Å². The van der Waals surface area contributed by atoms with Crippen molar-refractivity contribution in [3.63, 3.8) is 0 Å². The first-order chi connectivity index (χ1) is 21.7. The standard InChI is InChI=1S/C44H28/c1-25-17-21-27(22-18-25)37-35-15-7-13-31-29-9-4-6-12-34(29)42(39(31)35)44-38(28-23-19-26(2)20-24-28)36-16-8-14-32-30-10-3-5-11-33(30)41(40(32)36)43(37)44/h3-24H,1-2H3. The van der Waals surface area contributed by atoms with Crippen molar-refractivity contribution in [1.29, 1.82) is 0 Å². The first-order valence-corrected chi connectivity index (χ1v) is 15.5. The highest BCUT2D eigenvalue weighted by Gasteiger charge is 2.27. The summed E-state index contributed by atoms with van der Waals surface area (Å²) < 4.78 is 0. The molecule has 0 fully saturated rings. The smallest absolute Gasteiger partial charge is 0.0000933 e. The summed E-state index contributed by atoms with van der Waals surface area (Å²) in [6.07, 6.45) is 0. The fourth-order valence-electron chi connectivity index (χ4n) is 8.23. The van der Waals surface area contributed by atoms with Gasteiger partial charge in [0.05, 0.1) is 0 Å². The van der Waals surface area contributed by atoms with Gasteiger partial charge in [-0.3, -0.25) is 0 Å². The summed E-state index contributed by atoms with van der Waals surface area (Å²) in [5.41, 5.74) is 7.77. The van der Waals surface area contributed by atoms with Gasteiger partial charge in [0.25, 0.3) is 0 Å². The van der Waals surface area contributed by atoms with E-state index in [1.54, 1.807) is 0 Å². The van der Waals surface area contributed by atoms with Crippen LogP contribution in [0.1, 0.15) is 11.1 Å². The molecule has 0 aliphatic rings. The van der Waals surface area contributed by atoms with Crippen molar-refractivity contribution in [3.8, 4) is 22.3 Å². The molecule has 0 saturated carbocycles. The van der Waals surface area contributed by atoms with E-state index in [2.05, 4.69) is 147 Å². The van der Waals surface area contributed by atoms with Crippen molar-refractivity contribution in [2.24, 2.45) is 0 Å². The van der Waals surface area contributed by atoms with Gasteiger partial charge in [0.1, 0.15) is 0 Å². The molecule has 0 aliphatic carbocycles. The third kappa shape index (κ3) is 2.98. The van der Waals surface area contributed by atoms with Crippen molar-refractivity contribution in [2.45, 2.75) is 13.8 Å². The van der Waals surface area contributed by atoms with Gasteiger partial charge in [0, 0.05) is 0 Å². The van der Waals surface area contributed by atoms with Gasteiger partial charge in [-0.2, -0.15) is 0 Å². The lowest BCUT2D eigenvalue weighted by atomic mass is 9.82. The highest BCUT2D eigenvalue weighted by atomic mass is 14.3. The predicted molar refractivity (Wildman–Crippen MR) is 192 cm³/mol. The number of hydrogen-bond donors (Lipinski definition) is 0. The molecule has 0 aliphatic heterocycles. The fraction of sp³-hybridized carbons (Fsp3) is 0.0455. The topological polar surface area (TPSA) is 0 Å². The van der Waals surface area contributed by atoms with Gasteiger partial charge >= 0.3 is 0 Å². The zero-order valence-corrected chi connectivity index (χ0v) is 24.7. The van der Waals surface area contributed by atoms with E-state index in [9.17, 15) is 0 Å². The first-order valence-electron chi connectivity index (χ1n) is 15.5. The average Bonchev–Trinajstić information content (AvgIpc) is 3.58. The molecule has 0 amide bonds. The van der Waals surface area contributed by atoms with Gasteiger partial charge in [-0.05, 0) is 112 Å². The third-order valence-corrected chi connectivity index (χ3v) is 10.1. The number of fused-ring (bicyclic) bond motifs is 9. The molecule has 0 nitrogen and oxygen atoms in total. The van der Waals surface area contributed by atoms with Gasteiger partial charge in [-0.1, -0.05) is 145 Å². The van der Waals surface area contributed by atoms with Crippen LogP contribution in [0, 0.1) is 13.8 Å². The van der Waals surface area contributed by atoms with Crippen LogP contribution in [0.3, 0.4) is 0 Å². The summed E-state index contributed by atoms with van der Waals surface area (Å²) in [6, 6.07) is 50.3. The molecule has 0 bridgehead atoms. The largest absolute Gasteiger partial charge is 0.0616 e. The van der Waals surface area contributed by atoms with Crippen molar-refractivity contribution < 1.29 is 0 Å². The molecule has 44 heavy (non-hydrogen) atoms. The molecule has 10 aromatic carbocycles. The first kappa shape index (κ1) is 24.0. The number of rotatable bonds is 2. The molecule has 0 unspecified atom stereocenters. The van der Waals surface area contributed by atoms with Crippen molar-refractivity contribution in [3.05, 3.63) is 145 Å². The molecule has 0 N–H and O–H groups in total. The Hall–Kier alpha value is -5.46. The maximum atomic E-state index is 2.36. The van der Waals surface area contributed by atoms with Crippen LogP contribution in [0.4, 0.5) is 0 Å². The minimum atomic E-state index is 1.27. The summed E-state index contributed by atoms with van der Waals surface area (Å²) in [6.45, 7) is 4.36. The molecule has 0 atom stereocenters. The van der Waals surface area contributed by atoms with Crippen LogP contribution in [0.2, 0.25) is 0 Å². The Labute approximate surface area is 255 Å². The fourth-order valence-corrected chi connectivity index (χ4v) is 8.23. The lowest BCUT2D eigenvalue weighted by Gasteiger charge is -2.20. The Kier molecular flexibility index (Phi) is 4.67. The van der Waals surface area contributed by atoms with Crippen LogP contribution in [0.15, 0.2) is 133 Å². The molecule has 10 aromatic rings. The predicted octanol–water partition coefficient (Wildman–Crippen LogP) is 12.6. The van der Waals surface area contributed by atoms with Crippen LogP contribution in [0.5, 0.6) is 0 Å². The molecule has 204 valence electrons. The SMILES string of the molecule is Cc1ccc(-c2c3cccc4c5ccccc5c(c5c(-c6ccc(C)cc6)c6cccc7c8ccccc8c(c25)c67)c34)cc1. The molecule has 0 saturated heterocycles. The molecular formula is C44H28. The van der Waals surface area contributed by atoms with Crippen LogP contribution in [-0.4, -0.2) is 0 Å². The molecule has 0 radical (unpaired) electrons. The highest BCUT2D eigenvalue weighted by molar-refractivity contribution is 6.49. The summed E-state index contributed by atoms with van der Waals surface area (Å²) in [5, 5.41) is 18.9. The Morgan fingerprint density at radius 3 is 0.977 bits per heavy atom. The van der Waals surface area contributed by atoms with E-state index in [-0.39, 0.29) is 0 Å². The van der Waals surface area contributed by atoms with Gasteiger partial charge < -0.3 is 0 Å². The Bertz CT molecular complexity index is 2550. The van der Waals surface area contributed by atoms with Crippen LogP contribution < -0.4 is 0 Å². The third-order valence-electron chi connectivity index (χ3n) is 10.1. The van der Waals surface area contributed by atoms with Gasteiger partial charge in [-0.15, -0.1) is 0 Å². The van der Waals surface area contributed by atoms with Crippen LogP contribution in [-0.2, 0) is 0 Å². The van der Waals surface area contributed by atoms with Gasteiger partial charge in [-0.25, -0.2) is 0 Å². The quantitative estimate of drug-likeness (QED) is 0.186. The van der Waals surface area contributed by atoms with E-state index in [1.165, 1.54) is 109 Å². The molecule has 0 aromatic heterocycles. The van der Waals surface area contributed by atoms with E-state index >= 15 is 0 Å². The number of hydrogen-bond acceptors (Lipinski definition) is 0. The lowest BCUT2D eigenvalue weighted by Crippen LogP contribution is -1.92. The Morgan fingerprint density at radius 1 is 0.250 bits per heavy atom. The monoisotopic (exact) mass is 556 g/mol. The second-order valence-corrected chi connectivity index (χ2v) is 12.5. The second-order valence-electron chi connectivity index (χ2n) is 12.5. The molecule has 0 heterocycles. The minimum Gasteiger partial charge on any atom is -0.0616 e. The molecule has 0 spiro atoms. The van der Waals surface area contributed by atoms with E-state index in [0.29, 0.717) is 0 Å². The molecule has 0 heteroatoms. The van der Waals surface area contributed by atoms with Crippen molar-refractivity contribution in [2.75, 3.05) is 0 Å². The van der Waals surface area contributed by atoms with E-state index in [0.717, 1.165) is 0 Å². The molecule has 10 rings (SSSR count). The lowest BCUT2D eigenvalue weighted by molar-refractivity contribution is 1.47. The minimum absolute atomic E-state index is 1.27. The maximum absolute atomic E-state index is 2.36. The summed E-state index contributed by atoms with van der Waals surface area (Å²) in [4.78, 5) is 0. The van der Waals surface area contributed by atoms with E-state index in [4.69, 9.17) is 0 Å². The van der Waals surface area contributed by atoms with E-state index < -0.39 is 0 Å². The van der Waals surface area contributed by atoms with E-state index in [1.807, 2.05) is 0 Å². The van der Waals surface area contributed by atoms with Crippen molar-refractivity contribution >= 4 is 75.4 Å². The van der Waals surface area contributed by atoms with Crippen LogP contribution >= 0.6 is 0 Å². The van der Waals surface area contributed by atoms with Crippen molar-refractivity contribution in [1.82, 2.24) is 0 Å². The number of aryl methyl sites for hydroxylation is 2. The van der Waals surface area contributed by atoms with Crippen LogP contribution in [0.25, 0.3) is 97.7 Å². The summed E-state index contributed by atoms with van der Waals surface area (Å²) in [5.74, 6) is 0. The Balaban J connectivity index is 1.64. The summed E-state index contributed by atoms with van der Waals surface area (Å²) >= 11 is 0. The summed E-state index contributed by atoms with van der Waals surface area (Å²) in [7, 11) is 0. The average molecular weight is 557 g/mol. The normalized spacial score (nSPS) is 12.3. The van der Waals surface area contributed by atoms with Gasteiger partial charge in [0.15, 0.2) is 0 Å². The zero-order chi connectivity index (χ0) is 29.1.